The Morgan fingerprint density at radius 2 is 1.77 bits per heavy atom. The molecule has 1 aromatic heterocycles. The van der Waals surface area contributed by atoms with Crippen LogP contribution in [0.2, 0.25) is 0 Å². The number of para-hydroxylation sites is 1. The van der Waals surface area contributed by atoms with E-state index in [9.17, 15) is 23.3 Å². The number of hydrogen-bond donors (Lipinski definition) is 0. The van der Waals surface area contributed by atoms with Gasteiger partial charge in [-0.2, -0.15) is 5.10 Å². The maximum atomic E-state index is 12.4. The minimum absolute atomic E-state index is 0.0428. The molecule has 31 heavy (non-hydrogen) atoms. The van der Waals surface area contributed by atoms with Crippen molar-refractivity contribution in [3.8, 4) is 16.9 Å². The van der Waals surface area contributed by atoms with Crippen LogP contribution in [0.15, 0.2) is 65.6 Å². The maximum Gasteiger partial charge on any atom is 0.358 e. The van der Waals surface area contributed by atoms with Crippen LogP contribution in [-0.4, -0.2) is 48.7 Å². The zero-order chi connectivity index (χ0) is 22.4. The second-order valence-electron chi connectivity index (χ2n) is 6.51. The van der Waals surface area contributed by atoms with Crippen LogP contribution in [-0.2, 0) is 19.4 Å². The Kier molecular flexibility index (Phi) is 6.65. The quantitative estimate of drug-likeness (QED) is 0.213. The van der Waals surface area contributed by atoms with Gasteiger partial charge in [0.1, 0.15) is 0 Å². The lowest BCUT2D eigenvalue weighted by Crippen LogP contribution is -2.11. The van der Waals surface area contributed by atoms with E-state index >= 15 is 0 Å². The van der Waals surface area contributed by atoms with Crippen molar-refractivity contribution in [1.82, 2.24) is 9.78 Å². The third-order valence-corrected chi connectivity index (χ3v) is 5.34. The van der Waals surface area contributed by atoms with E-state index in [0.29, 0.717) is 16.9 Å². The van der Waals surface area contributed by atoms with Crippen molar-refractivity contribution in [3.05, 3.63) is 76.5 Å². The molecule has 0 aliphatic rings. The number of carbonyl (C=O) groups is 1. The highest BCUT2D eigenvalue weighted by atomic mass is 32.2. The molecule has 10 nitrogen and oxygen atoms in total. The molecule has 2 aromatic carbocycles. The first-order chi connectivity index (χ1) is 14.8. The summed E-state index contributed by atoms with van der Waals surface area (Å²) in [6.07, 6.45) is 1.28. The van der Waals surface area contributed by atoms with Crippen LogP contribution in [0.4, 0.5) is 0 Å². The average Bonchev–Trinajstić information content (AvgIpc) is 3.19. The Bertz CT molecular complexity index is 1170. The highest BCUT2D eigenvalue weighted by molar-refractivity contribution is 7.90. The molecule has 0 atom stereocenters. The summed E-state index contributed by atoms with van der Waals surface area (Å²) in [7, 11) is -3.34. The Labute approximate surface area is 178 Å². The molecule has 0 aliphatic carbocycles. The largest absolute Gasteiger partial charge is 0.461 e. The second-order valence-corrected chi connectivity index (χ2v) is 8.52. The van der Waals surface area contributed by atoms with Crippen LogP contribution >= 0.6 is 0 Å². The number of nitrogens with zero attached hydrogens (tertiary/aromatic N) is 3. The highest BCUT2D eigenvalue weighted by Gasteiger charge is 2.18. The first-order valence-electron chi connectivity index (χ1n) is 9.16. The summed E-state index contributed by atoms with van der Waals surface area (Å²) in [6.45, 7) is -0.250. The summed E-state index contributed by atoms with van der Waals surface area (Å²) >= 11 is 0. The predicted octanol–water partition coefficient (Wildman–Crippen LogP) is 2.70. The lowest BCUT2D eigenvalue weighted by molar-refractivity contribution is -0.757. The average molecular weight is 445 g/mol. The third-order valence-electron chi connectivity index (χ3n) is 4.22. The van der Waals surface area contributed by atoms with E-state index in [4.69, 9.17) is 4.74 Å². The van der Waals surface area contributed by atoms with E-state index in [0.717, 1.165) is 6.26 Å². The number of rotatable bonds is 9. The van der Waals surface area contributed by atoms with Crippen molar-refractivity contribution in [2.75, 3.05) is 19.5 Å². The fourth-order valence-corrected chi connectivity index (χ4v) is 3.39. The fraction of sp³-hybridized carbons (Fsp3) is 0.200. The molecule has 1 heterocycles. The Morgan fingerprint density at radius 3 is 2.39 bits per heavy atom. The summed E-state index contributed by atoms with van der Waals surface area (Å²) in [5.41, 5.74) is 1.96. The maximum absolute atomic E-state index is 12.4. The van der Waals surface area contributed by atoms with Crippen LogP contribution in [0.25, 0.3) is 16.9 Å². The summed E-state index contributed by atoms with van der Waals surface area (Å²) in [4.78, 5) is 26.9. The van der Waals surface area contributed by atoms with Crippen LogP contribution in [0.1, 0.15) is 16.9 Å². The van der Waals surface area contributed by atoms with E-state index in [2.05, 4.69) is 9.94 Å². The number of sulfone groups is 1. The molecule has 3 aromatic rings. The summed E-state index contributed by atoms with van der Waals surface area (Å²) in [5.74, 6) is -0.690. The van der Waals surface area contributed by atoms with Gasteiger partial charge in [-0.1, -0.05) is 30.3 Å². The van der Waals surface area contributed by atoms with Gasteiger partial charge in [0.05, 0.1) is 29.5 Å². The number of benzene rings is 2. The summed E-state index contributed by atoms with van der Waals surface area (Å²) in [6, 6.07) is 16.9. The molecule has 0 amide bonds. The third kappa shape index (κ3) is 5.66. The van der Waals surface area contributed by atoms with Crippen LogP contribution < -0.4 is 0 Å². The van der Waals surface area contributed by atoms with Crippen LogP contribution in [0.5, 0.6) is 0 Å². The first kappa shape index (κ1) is 22.0. The lowest BCUT2D eigenvalue weighted by Gasteiger charge is -2.08. The Balaban J connectivity index is 1.87. The Hall–Kier alpha value is -3.73. The van der Waals surface area contributed by atoms with Gasteiger partial charge in [-0.3, -0.25) is 0 Å². The second kappa shape index (κ2) is 9.39. The van der Waals surface area contributed by atoms with Crippen molar-refractivity contribution in [2.45, 2.75) is 11.3 Å². The lowest BCUT2D eigenvalue weighted by atomic mass is 10.1. The van der Waals surface area contributed by atoms with Crippen molar-refractivity contribution in [3.63, 3.8) is 0 Å². The summed E-state index contributed by atoms with van der Waals surface area (Å²) in [5, 5.41) is 13.6. The van der Waals surface area contributed by atoms with Crippen LogP contribution in [0.3, 0.4) is 0 Å². The number of ether oxygens (including phenoxy) is 1. The van der Waals surface area contributed by atoms with Gasteiger partial charge in [-0.15, -0.1) is 10.1 Å². The SMILES string of the molecule is CS(=O)(=O)c1ccc(-c2cc(C(=O)OCCCO[N+](=O)[O-])nn2-c2ccccc2)cc1. The van der Waals surface area contributed by atoms with Crippen molar-refractivity contribution < 1.29 is 27.9 Å². The number of hydrogen-bond acceptors (Lipinski definition) is 8. The molecule has 0 fully saturated rings. The molecule has 0 N–H and O–H groups in total. The zero-order valence-electron chi connectivity index (χ0n) is 16.5. The van der Waals surface area contributed by atoms with Gasteiger partial charge in [-0.25, -0.2) is 17.9 Å². The van der Waals surface area contributed by atoms with Gasteiger partial charge in [-0.05, 0) is 30.3 Å². The number of carbonyl (C=O) groups excluding carboxylic acids is 1. The predicted molar refractivity (Wildman–Crippen MR) is 110 cm³/mol. The van der Waals surface area contributed by atoms with Crippen molar-refractivity contribution in [2.24, 2.45) is 0 Å². The minimum Gasteiger partial charge on any atom is -0.461 e. The molecule has 0 unspecified atom stereocenters. The van der Waals surface area contributed by atoms with Crippen molar-refractivity contribution >= 4 is 15.8 Å². The molecule has 0 bridgehead atoms. The molecule has 0 saturated carbocycles. The minimum atomic E-state index is -3.34. The van der Waals surface area contributed by atoms with Gasteiger partial charge in [0.15, 0.2) is 15.5 Å². The standard InChI is InChI=1S/C20H19N3O7S/c1-31(27,28)17-10-8-15(9-11-17)19-14-18(20(24)29-12-5-13-30-23(25)26)21-22(19)16-6-3-2-4-7-16/h2-4,6-11,14H,5,12-13H2,1H3. The molecule has 162 valence electrons. The normalized spacial score (nSPS) is 11.1. The van der Waals surface area contributed by atoms with E-state index in [1.165, 1.54) is 18.2 Å². The molecule has 3 rings (SSSR count). The van der Waals surface area contributed by atoms with Crippen LogP contribution in [0, 0.1) is 10.1 Å². The number of aromatic nitrogens is 2. The first-order valence-corrected chi connectivity index (χ1v) is 11.1. The molecule has 0 radical (unpaired) electrons. The van der Waals surface area contributed by atoms with Gasteiger partial charge < -0.3 is 9.57 Å². The monoisotopic (exact) mass is 445 g/mol. The van der Waals surface area contributed by atoms with Gasteiger partial charge in [0.2, 0.25) is 0 Å². The fourth-order valence-electron chi connectivity index (χ4n) is 2.76. The van der Waals surface area contributed by atoms with E-state index in [1.54, 1.807) is 16.8 Å². The van der Waals surface area contributed by atoms with Gasteiger partial charge >= 0.3 is 5.97 Å². The molecule has 0 aliphatic heterocycles. The van der Waals surface area contributed by atoms with Crippen molar-refractivity contribution in [1.29, 1.82) is 0 Å². The highest BCUT2D eigenvalue weighted by Crippen LogP contribution is 2.26. The van der Waals surface area contributed by atoms with Gasteiger partial charge in [0.25, 0.3) is 5.09 Å². The molecule has 0 saturated heterocycles. The summed E-state index contributed by atoms with van der Waals surface area (Å²) < 4.78 is 30.1. The molecule has 0 spiro atoms. The topological polar surface area (TPSA) is 131 Å². The molecular formula is C20H19N3O7S. The Morgan fingerprint density at radius 1 is 1.10 bits per heavy atom. The van der Waals surface area contributed by atoms with E-state index in [-0.39, 0.29) is 30.2 Å². The van der Waals surface area contributed by atoms with E-state index < -0.39 is 20.9 Å². The van der Waals surface area contributed by atoms with E-state index in [1.807, 2.05) is 30.3 Å². The molecule has 11 heteroatoms. The molecular weight excluding hydrogens is 426 g/mol. The zero-order valence-corrected chi connectivity index (χ0v) is 17.3. The smallest absolute Gasteiger partial charge is 0.358 e. The van der Waals surface area contributed by atoms with Gasteiger partial charge in [0, 0.05) is 18.2 Å². The number of esters is 1.